The van der Waals surface area contributed by atoms with Gasteiger partial charge in [-0.2, -0.15) is 0 Å². The minimum atomic E-state index is 0.383. The predicted octanol–water partition coefficient (Wildman–Crippen LogP) is 6.98. The molecule has 0 spiro atoms. The first-order valence-corrected chi connectivity index (χ1v) is 10.1. The van der Waals surface area contributed by atoms with E-state index in [9.17, 15) is 0 Å². The van der Waals surface area contributed by atoms with Crippen molar-refractivity contribution in [1.29, 1.82) is 0 Å². The molecular formula is C25H29N3. The van der Waals surface area contributed by atoms with Crippen molar-refractivity contribution in [3.8, 4) is 11.1 Å². The van der Waals surface area contributed by atoms with Crippen LogP contribution in [0.3, 0.4) is 0 Å². The summed E-state index contributed by atoms with van der Waals surface area (Å²) in [5.74, 6) is 1.82. The Morgan fingerprint density at radius 1 is 0.929 bits per heavy atom. The number of benzene rings is 2. The second kappa shape index (κ2) is 6.97. The van der Waals surface area contributed by atoms with Crippen molar-refractivity contribution in [2.45, 2.75) is 46.5 Å². The van der Waals surface area contributed by atoms with Crippen molar-refractivity contribution in [1.82, 2.24) is 9.97 Å². The fraction of sp³-hybridized carbons (Fsp3) is 0.320. The van der Waals surface area contributed by atoms with Gasteiger partial charge in [0.25, 0.3) is 0 Å². The molecule has 0 saturated carbocycles. The summed E-state index contributed by atoms with van der Waals surface area (Å²) < 4.78 is 0. The molecule has 0 radical (unpaired) electrons. The van der Waals surface area contributed by atoms with Crippen LogP contribution in [0.15, 0.2) is 42.6 Å². The number of hydrogen-bond donors (Lipinski definition) is 2. The van der Waals surface area contributed by atoms with E-state index < -0.39 is 0 Å². The van der Waals surface area contributed by atoms with Gasteiger partial charge in [0.15, 0.2) is 0 Å². The van der Waals surface area contributed by atoms with Crippen LogP contribution in [-0.4, -0.2) is 17.0 Å². The molecule has 2 N–H and O–H groups in total. The van der Waals surface area contributed by atoms with Gasteiger partial charge < -0.3 is 10.3 Å². The summed E-state index contributed by atoms with van der Waals surface area (Å²) in [6.45, 7) is 11.1. The van der Waals surface area contributed by atoms with Gasteiger partial charge in [-0.1, -0.05) is 45.9 Å². The van der Waals surface area contributed by atoms with Gasteiger partial charge in [-0.05, 0) is 64.6 Å². The smallest absolute Gasteiger partial charge is 0.126 e. The second-order valence-electron chi connectivity index (χ2n) is 8.35. The maximum Gasteiger partial charge on any atom is 0.126 e. The quantitative estimate of drug-likeness (QED) is 0.406. The van der Waals surface area contributed by atoms with Gasteiger partial charge in [0.05, 0.1) is 5.69 Å². The number of aromatic nitrogens is 2. The molecule has 0 bridgehead atoms. The van der Waals surface area contributed by atoms with Crippen molar-refractivity contribution in [2.24, 2.45) is 0 Å². The monoisotopic (exact) mass is 371 g/mol. The van der Waals surface area contributed by atoms with Crippen LogP contribution in [0.25, 0.3) is 32.8 Å². The number of hydrogen-bond acceptors (Lipinski definition) is 2. The normalized spacial score (nSPS) is 11.9. The van der Waals surface area contributed by atoms with E-state index in [1.807, 2.05) is 7.05 Å². The van der Waals surface area contributed by atoms with Crippen molar-refractivity contribution in [2.75, 3.05) is 12.4 Å². The van der Waals surface area contributed by atoms with Crippen molar-refractivity contribution < 1.29 is 0 Å². The molecule has 0 saturated heterocycles. The van der Waals surface area contributed by atoms with E-state index in [2.05, 4.69) is 87.5 Å². The molecular weight excluding hydrogens is 342 g/mol. The topological polar surface area (TPSA) is 40.7 Å². The second-order valence-corrected chi connectivity index (χ2v) is 8.35. The lowest BCUT2D eigenvalue weighted by molar-refractivity contribution is 0.836. The van der Waals surface area contributed by atoms with Crippen LogP contribution < -0.4 is 5.32 Å². The third kappa shape index (κ3) is 3.05. The number of rotatable bonds is 4. The Balaban J connectivity index is 1.89. The third-order valence-corrected chi connectivity index (χ3v) is 5.63. The highest BCUT2D eigenvalue weighted by Crippen LogP contribution is 2.34. The standard InChI is InChI=1S/C25H29N3/c1-14(2)21-13-27-22-11-18(9-16(5)24(21)22)17-7-8-20-19(10-17)12-23(26-6)28-25(20)15(3)4/h7-15,27H,1-6H3,(H,26,28). The summed E-state index contributed by atoms with van der Waals surface area (Å²) in [4.78, 5) is 8.26. The van der Waals surface area contributed by atoms with Crippen LogP contribution in [-0.2, 0) is 0 Å². The molecule has 4 rings (SSSR count). The number of aromatic amines is 1. The van der Waals surface area contributed by atoms with E-state index in [4.69, 9.17) is 4.98 Å². The molecule has 0 aliphatic rings. The van der Waals surface area contributed by atoms with E-state index in [0.29, 0.717) is 11.8 Å². The number of pyridine rings is 1. The van der Waals surface area contributed by atoms with Gasteiger partial charge in [0.1, 0.15) is 5.82 Å². The van der Waals surface area contributed by atoms with Gasteiger partial charge in [0, 0.05) is 29.5 Å². The lowest BCUT2D eigenvalue weighted by atomic mass is 9.94. The molecule has 2 aromatic heterocycles. The van der Waals surface area contributed by atoms with Crippen molar-refractivity contribution in [3.05, 3.63) is 59.4 Å². The van der Waals surface area contributed by atoms with Gasteiger partial charge >= 0.3 is 0 Å². The Morgan fingerprint density at radius 3 is 2.39 bits per heavy atom. The van der Waals surface area contributed by atoms with Crippen LogP contribution in [0.5, 0.6) is 0 Å². The lowest BCUT2D eigenvalue weighted by Gasteiger charge is -2.14. The maximum atomic E-state index is 4.78. The fourth-order valence-electron chi connectivity index (χ4n) is 4.17. The molecule has 2 aromatic carbocycles. The highest BCUT2D eigenvalue weighted by atomic mass is 15.0. The number of nitrogens with one attached hydrogen (secondary N) is 2. The number of H-pyrrole nitrogens is 1. The molecule has 144 valence electrons. The van der Waals surface area contributed by atoms with E-state index in [0.717, 1.165) is 11.5 Å². The van der Waals surface area contributed by atoms with Crippen molar-refractivity contribution >= 4 is 27.5 Å². The molecule has 0 aliphatic heterocycles. The van der Waals surface area contributed by atoms with Crippen LogP contribution >= 0.6 is 0 Å². The van der Waals surface area contributed by atoms with Crippen molar-refractivity contribution in [3.63, 3.8) is 0 Å². The van der Waals surface area contributed by atoms with E-state index >= 15 is 0 Å². The summed E-state index contributed by atoms with van der Waals surface area (Å²) >= 11 is 0. The number of aryl methyl sites for hydroxylation is 1. The highest BCUT2D eigenvalue weighted by Gasteiger charge is 2.13. The van der Waals surface area contributed by atoms with Gasteiger partial charge in [0.2, 0.25) is 0 Å². The number of anilines is 1. The molecule has 0 atom stereocenters. The minimum Gasteiger partial charge on any atom is -0.373 e. The first kappa shape index (κ1) is 18.5. The fourth-order valence-corrected chi connectivity index (χ4v) is 4.17. The zero-order valence-electron chi connectivity index (χ0n) is 17.6. The zero-order chi connectivity index (χ0) is 20.0. The Hall–Kier alpha value is -2.81. The molecule has 3 nitrogen and oxygen atoms in total. The molecule has 0 amide bonds. The van der Waals surface area contributed by atoms with E-state index in [1.54, 1.807) is 0 Å². The predicted molar refractivity (Wildman–Crippen MR) is 121 cm³/mol. The molecule has 4 aromatic rings. The Kier molecular flexibility index (Phi) is 4.62. The average Bonchev–Trinajstić information content (AvgIpc) is 3.11. The molecule has 0 fully saturated rings. The molecule has 0 unspecified atom stereocenters. The SMILES string of the molecule is CNc1cc2cc(-c3cc(C)c4c(C(C)C)c[nH]c4c3)ccc2c(C(C)C)n1. The van der Waals surface area contributed by atoms with Crippen LogP contribution in [0.4, 0.5) is 5.82 Å². The summed E-state index contributed by atoms with van der Waals surface area (Å²) in [6.07, 6.45) is 2.16. The van der Waals surface area contributed by atoms with Gasteiger partial charge in [-0.25, -0.2) is 4.98 Å². The first-order valence-electron chi connectivity index (χ1n) is 10.1. The molecule has 0 aliphatic carbocycles. The summed E-state index contributed by atoms with van der Waals surface area (Å²) in [6, 6.07) is 13.5. The average molecular weight is 372 g/mol. The van der Waals surface area contributed by atoms with Crippen LogP contribution in [0, 0.1) is 6.92 Å². The Labute approximate surface area is 167 Å². The van der Waals surface area contributed by atoms with Crippen LogP contribution in [0.1, 0.15) is 56.4 Å². The number of fused-ring (bicyclic) bond motifs is 2. The highest BCUT2D eigenvalue weighted by molar-refractivity contribution is 5.94. The summed E-state index contributed by atoms with van der Waals surface area (Å²) in [5, 5.41) is 7.03. The lowest BCUT2D eigenvalue weighted by Crippen LogP contribution is -2.00. The minimum absolute atomic E-state index is 0.383. The Morgan fingerprint density at radius 2 is 1.71 bits per heavy atom. The van der Waals surface area contributed by atoms with E-state index in [-0.39, 0.29) is 0 Å². The summed E-state index contributed by atoms with van der Waals surface area (Å²) in [5.41, 5.74) is 7.56. The van der Waals surface area contributed by atoms with E-state index in [1.165, 1.54) is 43.9 Å². The third-order valence-electron chi connectivity index (χ3n) is 5.63. The molecule has 2 heterocycles. The number of nitrogens with zero attached hydrogens (tertiary/aromatic N) is 1. The van der Waals surface area contributed by atoms with Crippen LogP contribution in [0.2, 0.25) is 0 Å². The van der Waals surface area contributed by atoms with Gasteiger partial charge in [-0.3, -0.25) is 0 Å². The van der Waals surface area contributed by atoms with Gasteiger partial charge in [-0.15, -0.1) is 0 Å². The maximum absolute atomic E-state index is 4.78. The summed E-state index contributed by atoms with van der Waals surface area (Å²) in [7, 11) is 1.93. The largest absolute Gasteiger partial charge is 0.373 e. The Bertz CT molecular complexity index is 1170. The first-order chi connectivity index (χ1) is 13.4. The molecule has 28 heavy (non-hydrogen) atoms. The molecule has 3 heteroatoms. The zero-order valence-corrected chi connectivity index (χ0v) is 17.6.